The van der Waals surface area contributed by atoms with Gasteiger partial charge in [0, 0.05) is 22.9 Å². The second kappa shape index (κ2) is 9.77. The molecule has 3 aromatic carbocycles. The third-order valence-corrected chi connectivity index (χ3v) is 5.48. The summed E-state index contributed by atoms with van der Waals surface area (Å²) in [4.78, 5) is 25.4. The molecular weight excluding hydrogens is 412 g/mol. The van der Waals surface area contributed by atoms with E-state index < -0.39 is 6.10 Å². The van der Waals surface area contributed by atoms with Crippen molar-refractivity contribution in [2.75, 3.05) is 11.9 Å². The molecule has 3 aromatic rings. The number of rotatable bonds is 6. The van der Waals surface area contributed by atoms with E-state index in [1.807, 2.05) is 42.5 Å². The van der Waals surface area contributed by atoms with Crippen molar-refractivity contribution in [2.24, 2.45) is 0 Å². The smallest absolute Gasteiger partial charge is 0.253 e. The fourth-order valence-corrected chi connectivity index (χ4v) is 3.75. The molecule has 2 amide bonds. The summed E-state index contributed by atoms with van der Waals surface area (Å²) in [7, 11) is 0. The van der Waals surface area contributed by atoms with Gasteiger partial charge in [-0.15, -0.1) is 0 Å². The lowest BCUT2D eigenvalue weighted by atomic mass is 9.98. The minimum atomic E-state index is -0.426. The maximum atomic E-state index is 13.1. The summed E-state index contributed by atoms with van der Waals surface area (Å²) < 4.78 is 5.42. The molecule has 0 aromatic heterocycles. The Bertz CT molecular complexity index is 1050. The molecule has 4 rings (SSSR count). The van der Waals surface area contributed by atoms with E-state index in [-0.39, 0.29) is 17.9 Å². The number of amides is 2. The Morgan fingerprint density at radius 1 is 0.935 bits per heavy atom. The topological polar surface area (TPSA) is 67.4 Å². The van der Waals surface area contributed by atoms with Gasteiger partial charge in [-0.05, 0) is 54.3 Å². The van der Waals surface area contributed by atoms with Crippen molar-refractivity contribution in [3.05, 3.63) is 101 Å². The van der Waals surface area contributed by atoms with E-state index in [4.69, 9.17) is 16.3 Å². The standard InChI is InChI=1S/C25H23ClN2O3/c26-20-13-11-18(12-14-20)23(17-6-2-1-3-7-17)28-24(29)19-8-4-9-21(16-19)27-25(30)22-10-5-15-31-22/h1-4,6-9,11-14,16,22-23H,5,10,15H2,(H,27,30)(H,28,29)/t22-,23-/m0/s1. The van der Waals surface area contributed by atoms with Crippen LogP contribution in [0.2, 0.25) is 5.02 Å². The molecule has 0 saturated carbocycles. The van der Waals surface area contributed by atoms with Crippen molar-refractivity contribution in [2.45, 2.75) is 25.0 Å². The lowest BCUT2D eigenvalue weighted by Gasteiger charge is -2.20. The fourth-order valence-electron chi connectivity index (χ4n) is 3.62. The molecule has 1 aliphatic heterocycles. The summed E-state index contributed by atoms with van der Waals surface area (Å²) in [6.45, 7) is 0.603. The number of benzene rings is 3. The lowest BCUT2D eigenvalue weighted by Crippen LogP contribution is -2.30. The highest BCUT2D eigenvalue weighted by molar-refractivity contribution is 6.30. The van der Waals surface area contributed by atoms with Gasteiger partial charge in [0.05, 0.1) is 6.04 Å². The molecule has 1 fully saturated rings. The van der Waals surface area contributed by atoms with Gasteiger partial charge in [-0.2, -0.15) is 0 Å². The molecule has 0 unspecified atom stereocenters. The van der Waals surface area contributed by atoms with Crippen LogP contribution in [0.25, 0.3) is 0 Å². The minimum Gasteiger partial charge on any atom is -0.368 e. The van der Waals surface area contributed by atoms with Gasteiger partial charge < -0.3 is 15.4 Å². The molecule has 0 aliphatic carbocycles. The summed E-state index contributed by atoms with van der Waals surface area (Å²) in [6, 6.07) is 23.7. The van der Waals surface area contributed by atoms with Crippen molar-refractivity contribution in [3.63, 3.8) is 0 Å². The highest BCUT2D eigenvalue weighted by atomic mass is 35.5. The van der Waals surface area contributed by atoms with E-state index in [1.54, 1.807) is 36.4 Å². The molecule has 6 heteroatoms. The predicted octanol–water partition coefficient (Wildman–Crippen LogP) is 4.98. The second-order valence-electron chi connectivity index (χ2n) is 7.44. The van der Waals surface area contributed by atoms with Crippen molar-refractivity contribution < 1.29 is 14.3 Å². The Hall–Kier alpha value is -3.15. The SMILES string of the molecule is O=C(N[C@@H](c1ccccc1)c1ccc(Cl)cc1)c1cccc(NC(=O)[C@@H]2CCCO2)c1. The van der Waals surface area contributed by atoms with Gasteiger partial charge in [0.25, 0.3) is 11.8 Å². The quantitative estimate of drug-likeness (QED) is 0.575. The third kappa shape index (κ3) is 5.32. The van der Waals surface area contributed by atoms with E-state index >= 15 is 0 Å². The largest absolute Gasteiger partial charge is 0.368 e. The number of halogens is 1. The summed E-state index contributed by atoms with van der Waals surface area (Å²) >= 11 is 6.04. The maximum absolute atomic E-state index is 13.1. The predicted molar refractivity (Wildman–Crippen MR) is 121 cm³/mol. The fraction of sp³-hybridized carbons (Fsp3) is 0.200. The van der Waals surface area contributed by atoms with Gasteiger partial charge in [-0.3, -0.25) is 9.59 Å². The Morgan fingerprint density at radius 3 is 2.39 bits per heavy atom. The molecule has 2 N–H and O–H groups in total. The van der Waals surface area contributed by atoms with Gasteiger partial charge in [-0.1, -0.05) is 60.1 Å². The molecule has 31 heavy (non-hydrogen) atoms. The van der Waals surface area contributed by atoms with Crippen LogP contribution in [-0.2, 0) is 9.53 Å². The first-order valence-electron chi connectivity index (χ1n) is 10.2. The number of anilines is 1. The average molecular weight is 435 g/mol. The number of hydrogen-bond acceptors (Lipinski definition) is 3. The molecule has 1 aliphatic rings. The summed E-state index contributed by atoms with van der Waals surface area (Å²) in [5.41, 5.74) is 2.91. The number of carbonyl (C=O) groups excluding carboxylic acids is 2. The average Bonchev–Trinajstić information content (AvgIpc) is 3.34. The zero-order valence-electron chi connectivity index (χ0n) is 16.9. The van der Waals surface area contributed by atoms with E-state index in [0.717, 1.165) is 17.5 Å². The van der Waals surface area contributed by atoms with Crippen molar-refractivity contribution >= 4 is 29.1 Å². The normalized spacial score (nSPS) is 16.5. The Kier molecular flexibility index (Phi) is 6.65. The molecule has 158 valence electrons. The monoisotopic (exact) mass is 434 g/mol. The number of hydrogen-bond donors (Lipinski definition) is 2. The molecule has 1 heterocycles. The first-order valence-corrected chi connectivity index (χ1v) is 10.6. The van der Waals surface area contributed by atoms with Gasteiger partial charge in [0.2, 0.25) is 0 Å². The van der Waals surface area contributed by atoms with Crippen molar-refractivity contribution in [1.82, 2.24) is 5.32 Å². The van der Waals surface area contributed by atoms with Crippen LogP contribution in [0.4, 0.5) is 5.69 Å². The van der Waals surface area contributed by atoms with Gasteiger partial charge in [0.1, 0.15) is 6.10 Å². The molecule has 0 radical (unpaired) electrons. The third-order valence-electron chi connectivity index (χ3n) is 5.23. The van der Waals surface area contributed by atoms with Gasteiger partial charge >= 0.3 is 0 Å². The van der Waals surface area contributed by atoms with Gasteiger partial charge in [0.15, 0.2) is 0 Å². The molecular formula is C25H23ClN2O3. The van der Waals surface area contributed by atoms with Crippen LogP contribution in [0.3, 0.4) is 0 Å². The van der Waals surface area contributed by atoms with E-state index in [1.165, 1.54) is 0 Å². The number of carbonyl (C=O) groups is 2. The molecule has 1 saturated heterocycles. The highest BCUT2D eigenvalue weighted by Crippen LogP contribution is 2.24. The van der Waals surface area contributed by atoms with Crippen LogP contribution < -0.4 is 10.6 Å². The molecule has 0 bridgehead atoms. The highest BCUT2D eigenvalue weighted by Gasteiger charge is 2.24. The molecule has 2 atom stereocenters. The zero-order chi connectivity index (χ0) is 21.6. The number of ether oxygens (including phenoxy) is 1. The van der Waals surface area contributed by atoms with Crippen molar-refractivity contribution in [3.8, 4) is 0 Å². The van der Waals surface area contributed by atoms with Crippen LogP contribution in [0.15, 0.2) is 78.9 Å². The van der Waals surface area contributed by atoms with E-state index in [9.17, 15) is 9.59 Å². The van der Waals surface area contributed by atoms with Gasteiger partial charge in [-0.25, -0.2) is 0 Å². The maximum Gasteiger partial charge on any atom is 0.253 e. The molecule has 5 nitrogen and oxygen atoms in total. The minimum absolute atomic E-state index is 0.182. The van der Waals surface area contributed by atoms with Crippen LogP contribution >= 0.6 is 11.6 Å². The Balaban J connectivity index is 1.53. The number of nitrogens with one attached hydrogen (secondary N) is 2. The van der Waals surface area contributed by atoms with Crippen LogP contribution in [0, 0.1) is 0 Å². The summed E-state index contributed by atoms with van der Waals surface area (Å²) in [5, 5.41) is 6.58. The second-order valence-corrected chi connectivity index (χ2v) is 7.88. The van der Waals surface area contributed by atoms with E-state index in [0.29, 0.717) is 29.3 Å². The Morgan fingerprint density at radius 2 is 1.68 bits per heavy atom. The van der Waals surface area contributed by atoms with Crippen molar-refractivity contribution in [1.29, 1.82) is 0 Å². The molecule has 0 spiro atoms. The zero-order valence-corrected chi connectivity index (χ0v) is 17.6. The van der Waals surface area contributed by atoms with Crippen LogP contribution in [0.1, 0.15) is 40.4 Å². The Labute approximate surface area is 186 Å². The summed E-state index contributed by atoms with van der Waals surface area (Å²) in [5.74, 6) is -0.421. The van der Waals surface area contributed by atoms with E-state index in [2.05, 4.69) is 10.6 Å². The lowest BCUT2D eigenvalue weighted by molar-refractivity contribution is -0.124. The first-order chi connectivity index (χ1) is 15.1. The van der Waals surface area contributed by atoms with Crippen LogP contribution in [0.5, 0.6) is 0 Å². The first kappa shape index (κ1) is 21.1. The van der Waals surface area contributed by atoms with Crippen LogP contribution in [-0.4, -0.2) is 24.5 Å². The summed E-state index contributed by atoms with van der Waals surface area (Å²) in [6.07, 6.45) is 1.17.